The van der Waals surface area contributed by atoms with Crippen LogP contribution in [0.1, 0.15) is 52.3 Å². The average Bonchev–Trinajstić information content (AvgIpc) is 2.99. The molecule has 4 nitrogen and oxygen atoms in total. The predicted molar refractivity (Wildman–Crippen MR) is 86.6 cm³/mol. The van der Waals surface area contributed by atoms with Crippen LogP contribution in [0.2, 0.25) is 0 Å². The Morgan fingerprint density at radius 3 is 2.77 bits per heavy atom. The molecule has 1 aromatic heterocycles. The van der Waals surface area contributed by atoms with Gasteiger partial charge in [0.1, 0.15) is 5.82 Å². The second kappa shape index (κ2) is 5.11. The molecule has 1 aromatic carbocycles. The number of hydrogen-bond donors (Lipinski definition) is 1. The molecule has 0 radical (unpaired) electrons. The molecule has 0 spiro atoms. The molecular weight excluding hydrogens is 276 g/mol. The number of rotatable bonds is 3. The maximum absolute atomic E-state index is 12.5. The maximum Gasteiger partial charge on any atom is 0.312 e. The van der Waals surface area contributed by atoms with Crippen molar-refractivity contribution in [1.29, 1.82) is 0 Å². The van der Waals surface area contributed by atoms with E-state index in [0.717, 1.165) is 29.7 Å². The summed E-state index contributed by atoms with van der Waals surface area (Å²) in [6, 6.07) is 8.06. The molecule has 22 heavy (non-hydrogen) atoms. The van der Waals surface area contributed by atoms with Crippen molar-refractivity contribution >= 4 is 17.0 Å². The van der Waals surface area contributed by atoms with E-state index in [1.807, 2.05) is 38.1 Å². The van der Waals surface area contributed by atoms with Crippen LogP contribution in [0.3, 0.4) is 0 Å². The second-order valence-electron chi connectivity index (χ2n) is 7.00. The molecular formula is C18H24N2O2. The van der Waals surface area contributed by atoms with Crippen molar-refractivity contribution < 1.29 is 9.53 Å². The molecule has 1 aliphatic rings. The zero-order chi connectivity index (χ0) is 16.0. The fourth-order valence-electron chi connectivity index (χ4n) is 3.77. The molecule has 1 fully saturated rings. The van der Waals surface area contributed by atoms with Crippen LogP contribution >= 0.6 is 0 Å². The van der Waals surface area contributed by atoms with E-state index in [1.165, 1.54) is 0 Å². The second-order valence-corrected chi connectivity index (χ2v) is 7.00. The zero-order valence-corrected chi connectivity index (χ0v) is 13.8. The average molecular weight is 300 g/mol. The summed E-state index contributed by atoms with van der Waals surface area (Å²) in [5, 5.41) is 0. The molecule has 4 heteroatoms. The molecule has 3 rings (SSSR count). The Bertz CT molecular complexity index is 671. The monoisotopic (exact) mass is 300 g/mol. The van der Waals surface area contributed by atoms with Gasteiger partial charge in [0.2, 0.25) is 0 Å². The SMILES string of the molecule is CCOC(=O)[C@@]1(C)CC[C@H](c2nc3ccccc3[nH]2)C1(C)C. The van der Waals surface area contributed by atoms with E-state index in [4.69, 9.17) is 9.72 Å². The summed E-state index contributed by atoms with van der Waals surface area (Å²) >= 11 is 0. The minimum atomic E-state index is -0.466. The first-order valence-corrected chi connectivity index (χ1v) is 8.02. The normalized spacial score (nSPS) is 27.2. The van der Waals surface area contributed by atoms with E-state index < -0.39 is 5.41 Å². The molecule has 0 amide bonds. The number of ether oxygens (including phenoxy) is 1. The van der Waals surface area contributed by atoms with Crippen molar-refractivity contribution in [1.82, 2.24) is 9.97 Å². The molecule has 1 N–H and O–H groups in total. The first-order chi connectivity index (χ1) is 10.4. The number of hydrogen-bond acceptors (Lipinski definition) is 3. The standard InChI is InChI=1S/C18H24N2O2/c1-5-22-16(21)18(4)11-10-12(17(18,2)3)15-19-13-8-6-7-9-14(13)20-15/h6-9,12H,5,10-11H2,1-4H3,(H,19,20)/t12-,18-/m1/s1. The number of nitrogens with zero attached hydrogens (tertiary/aromatic N) is 1. The lowest BCUT2D eigenvalue weighted by atomic mass is 9.65. The Balaban J connectivity index is 1.97. The first-order valence-electron chi connectivity index (χ1n) is 8.02. The number of esters is 1. The van der Waals surface area contributed by atoms with Crippen molar-refractivity contribution in [3.63, 3.8) is 0 Å². The highest BCUT2D eigenvalue weighted by Gasteiger charge is 2.57. The molecule has 2 atom stereocenters. The Morgan fingerprint density at radius 1 is 1.36 bits per heavy atom. The quantitative estimate of drug-likeness (QED) is 0.870. The topological polar surface area (TPSA) is 55.0 Å². The predicted octanol–water partition coefficient (Wildman–Crippen LogP) is 4.04. The molecule has 0 bridgehead atoms. The Morgan fingerprint density at radius 2 is 2.09 bits per heavy atom. The van der Waals surface area contributed by atoms with Gasteiger partial charge < -0.3 is 9.72 Å². The van der Waals surface area contributed by atoms with Crippen molar-refractivity contribution in [2.45, 2.75) is 46.5 Å². The highest BCUT2D eigenvalue weighted by atomic mass is 16.5. The van der Waals surface area contributed by atoms with Crippen LogP contribution in [-0.4, -0.2) is 22.5 Å². The third kappa shape index (κ3) is 2.04. The van der Waals surface area contributed by atoms with Crippen LogP contribution in [0.4, 0.5) is 0 Å². The first kappa shape index (κ1) is 15.1. The van der Waals surface area contributed by atoms with Crippen LogP contribution in [0.5, 0.6) is 0 Å². The number of carbonyl (C=O) groups is 1. The van der Waals surface area contributed by atoms with E-state index in [0.29, 0.717) is 6.61 Å². The molecule has 1 aliphatic carbocycles. The number of carbonyl (C=O) groups excluding carboxylic acids is 1. The van der Waals surface area contributed by atoms with Crippen LogP contribution in [0.15, 0.2) is 24.3 Å². The maximum atomic E-state index is 12.5. The van der Waals surface area contributed by atoms with Crippen molar-refractivity contribution in [3.8, 4) is 0 Å². The largest absolute Gasteiger partial charge is 0.466 e. The molecule has 2 aromatic rings. The van der Waals surface area contributed by atoms with Crippen LogP contribution in [-0.2, 0) is 9.53 Å². The van der Waals surface area contributed by atoms with Gasteiger partial charge in [0.25, 0.3) is 0 Å². The minimum Gasteiger partial charge on any atom is -0.466 e. The van der Waals surface area contributed by atoms with Gasteiger partial charge in [0, 0.05) is 5.92 Å². The molecule has 118 valence electrons. The van der Waals surface area contributed by atoms with Gasteiger partial charge in [-0.05, 0) is 44.2 Å². The Labute approximate surface area is 131 Å². The summed E-state index contributed by atoms with van der Waals surface area (Å²) in [6.45, 7) is 8.65. The molecule has 0 saturated heterocycles. The van der Waals surface area contributed by atoms with Crippen molar-refractivity contribution in [2.75, 3.05) is 6.61 Å². The van der Waals surface area contributed by atoms with Crippen molar-refractivity contribution in [2.24, 2.45) is 10.8 Å². The van der Waals surface area contributed by atoms with Crippen molar-refractivity contribution in [3.05, 3.63) is 30.1 Å². The van der Waals surface area contributed by atoms with Gasteiger partial charge in [0.05, 0.1) is 23.1 Å². The summed E-state index contributed by atoms with van der Waals surface area (Å²) in [4.78, 5) is 20.7. The Kier molecular flexibility index (Phi) is 3.50. The summed E-state index contributed by atoms with van der Waals surface area (Å²) in [5.74, 6) is 1.13. The summed E-state index contributed by atoms with van der Waals surface area (Å²) in [6.07, 6.45) is 1.78. The van der Waals surface area contributed by atoms with E-state index >= 15 is 0 Å². The third-order valence-electron chi connectivity index (χ3n) is 5.69. The molecule has 0 unspecified atom stereocenters. The lowest BCUT2D eigenvalue weighted by molar-refractivity contribution is -0.160. The van der Waals surface area contributed by atoms with E-state index in [1.54, 1.807) is 0 Å². The molecule has 1 heterocycles. The fourth-order valence-corrected chi connectivity index (χ4v) is 3.77. The number of aromatic amines is 1. The van der Waals surface area contributed by atoms with Gasteiger partial charge in [0.15, 0.2) is 0 Å². The number of benzene rings is 1. The highest BCUT2D eigenvalue weighted by Crippen LogP contribution is 2.59. The molecule has 1 saturated carbocycles. The van der Waals surface area contributed by atoms with E-state index in [9.17, 15) is 4.79 Å². The third-order valence-corrected chi connectivity index (χ3v) is 5.69. The fraction of sp³-hybridized carbons (Fsp3) is 0.556. The number of H-pyrrole nitrogens is 1. The Hall–Kier alpha value is -1.84. The van der Waals surface area contributed by atoms with Gasteiger partial charge in [-0.25, -0.2) is 4.98 Å². The lowest BCUT2D eigenvalue weighted by Crippen LogP contribution is -2.41. The van der Waals surface area contributed by atoms with Crippen LogP contribution in [0.25, 0.3) is 11.0 Å². The molecule has 0 aliphatic heterocycles. The number of fused-ring (bicyclic) bond motifs is 1. The van der Waals surface area contributed by atoms with Gasteiger partial charge >= 0.3 is 5.97 Å². The highest BCUT2D eigenvalue weighted by molar-refractivity contribution is 5.79. The van der Waals surface area contributed by atoms with Gasteiger partial charge in [-0.2, -0.15) is 0 Å². The van der Waals surface area contributed by atoms with Gasteiger partial charge in [-0.15, -0.1) is 0 Å². The zero-order valence-electron chi connectivity index (χ0n) is 13.8. The van der Waals surface area contributed by atoms with Gasteiger partial charge in [-0.3, -0.25) is 4.79 Å². The van der Waals surface area contributed by atoms with E-state index in [2.05, 4.69) is 18.8 Å². The number of nitrogens with one attached hydrogen (secondary N) is 1. The number of imidazole rings is 1. The van der Waals surface area contributed by atoms with Gasteiger partial charge in [-0.1, -0.05) is 26.0 Å². The van der Waals surface area contributed by atoms with Crippen LogP contribution in [0, 0.1) is 10.8 Å². The smallest absolute Gasteiger partial charge is 0.312 e. The van der Waals surface area contributed by atoms with E-state index in [-0.39, 0.29) is 17.3 Å². The number of para-hydroxylation sites is 2. The lowest BCUT2D eigenvalue weighted by Gasteiger charge is -2.39. The minimum absolute atomic E-state index is 0.0846. The summed E-state index contributed by atoms with van der Waals surface area (Å²) < 4.78 is 5.34. The summed E-state index contributed by atoms with van der Waals surface area (Å²) in [5.41, 5.74) is 1.37. The number of aromatic nitrogens is 2. The van der Waals surface area contributed by atoms with Crippen LogP contribution < -0.4 is 0 Å². The summed E-state index contributed by atoms with van der Waals surface area (Å²) in [7, 11) is 0.